The molecule has 1 unspecified atom stereocenters. The molecule has 0 bridgehead atoms. The van der Waals surface area contributed by atoms with Gasteiger partial charge in [-0.2, -0.15) is 11.8 Å². The van der Waals surface area contributed by atoms with E-state index < -0.39 is 0 Å². The van der Waals surface area contributed by atoms with Gasteiger partial charge in [-0.15, -0.1) is 0 Å². The summed E-state index contributed by atoms with van der Waals surface area (Å²) in [6, 6.07) is 7.28. The first-order chi connectivity index (χ1) is 9.54. The monoisotopic (exact) mass is 309 g/mol. The van der Waals surface area contributed by atoms with Crippen molar-refractivity contribution in [2.45, 2.75) is 12.2 Å². The van der Waals surface area contributed by atoms with Crippen LogP contribution < -0.4 is 11.1 Å². The molecule has 0 aromatic heterocycles. The SMILES string of the molecule is CC1CN(CC(=O)Nc2ccc(C(N)=S)cc2)CCS1. The van der Waals surface area contributed by atoms with E-state index in [0.29, 0.717) is 16.8 Å². The summed E-state index contributed by atoms with van der Waals surface area (Å²) < 4.78 is 0. The lowest BCUT2D eigenvalue weighted by Crippen LogP contribution is -2.41. The molecule has 4 nitrogen and oxygen atoms in total. The van der Waals surface area contributed by atoms with Crippen molar-refractivity contribution >= 4 is 40.6 Å². The van der Waals surface area contributed by atoms with E-state index in [4.69, 9.17) is 18.0 Å². The first-order valence-corrected chi connectivity index (χ1v) is 8.04. The fourth-order valence-corrected chi connectivity index (χ4v) is 3.37. The second kappa shape index (κ2) is 7.06. The zero-order chi connectivity index (χ0) is 14.5. The smallest absolute Gasteiger partial charge is 0.238 e. The largest absolute Gasteiger partial charge is 0.389 e. The first-order valence-electron chi connectivity index (χ1n) is 6.58. The second-order valence-electron chi connectivity index (χ2n) is 4.91. The lowest BCUT2D eigenvalue weighted by Gasteiger charge is -2.29. The van der Waals surface area contributed by atoms with Crippen LogP contribution in [-0.2, 0) is 4.79 Å². The number of benzene rings is 1. The van der Waals surface area contributed by atoms with Crippen LogP contribution in [-0.4, -0.2) is 46.4 Å². The van der Waals surface area contributed by atoms with Crippen molar-refractivity contribution in [2.24, 2.45) is 5.73 Å². The third-order valence-corrected chi connectivity index (χ3v) is 4.52. The lowest BCUT2D eigenvalue weighted by molar-refractivity contribution is -0.117. The normalized spacial score (nSPS) is 19.6. The highest BCUT2D eigenvalue weighted by Crippen LogP contribution is 2.17. The molecule has 1 aromatic carbocycles. The Balaban J connectivity index is 1.86. The molecule has 1 fully saturated rings. The van der Waals surface area contributed by atoms with E-state index in [1.165, 1.54) is 0 Å². The minimum atomic E-state index is 0.0205. The van der Waals surface area contributed by atoms with Crippen LogP contribution in [0.25, 0.3) is 0 Å². The number of hydrogen-bond acceptors (Lipinski definition) is 4. The van der Waals surface area contributed by atoms with E-state index in [0.717, 1.165) is 30.1 Å². The van der Waals surface area contributed by atoms with E-state index in [1.54, 1.807) is 0 Å². The molecule has 3 N–H and O–H groups in total. The molecule has 1 heterocycles. The van der Waals surface area contributed by atoms with Gasteiger partial charge in [0.25, 0.3) is 0 Å². The number of rotatable bonds is 4. The molecular formula is C14H19N3OS2. The van der Waals surface area contributed by atoms with Crippen LogP contribution in [0.5, 0.6) is 0 Å². The van der Waals surface area contributed by atoms with Crippen LogP contribution in [0.2, 0.25) is 0 Å². The molecule has 0 aliphatic carbocycles. The van der Waals surface area contributed by atoms with Crippen LogP contribution in [0.15, 0.2) is 24.3 Å². The number of nitrogens with two attached hydrogens (primary N) is 1. The quantitative estimate of drug-likeness (QED) is 0.829. The fourth-order valence-electron chi connectivity index (χ4n) is 2.16. The predicted octanol–water partition coefficient (Wildman–Crippen LogP) is 1.70. The average molecular weight is 309 g/mol. The van der Waals surface area contributed by atoms with Gasteiger partial charge in [-0.25, -0.2) is 0 Å². The summed E-state index contributed by atoms with van der Waals surface area (Å²) in [5, 5.41) is 3.50. The maximum Gasteiger partial charge on any atom is 0.238 e. The number of anilines is 1. The Hall–Kier alpha value is -1.11. The van der Waals surface area contributed by atoms with Crippen molar-refractivity contribution in [2.75, 3.05) is 30.7 Å². The van der Waals surface area contributed by atoms with Gasteiger partial charge in [0.2, 0.25) is 5.91 Å². The van der Waals surface area contributed by atoms with Gasteiger partial charge < -0.3 is 11.1 Å². The van der Waals surface area contributed by atoms with Crippen LogP contribution >= 0.6 is 24.0 Å². The Morgan fingerprint density at radius 3 is 2.80 bits per heavy atom. The van der Waals surface area contributed by atoms with Gasteiger partial charge in [0.15, 0.2) is 0 Å². The van der Waals surface area contributed by atoms with Gasteiger partial charge in [-0.05, 0) is 24.3 Å². The number of thioether (sulfide) groups is 1. The van der Waals surface area contributed by atoms with E-state index in [-0.39, 0.29) is 5.91 Å². The van der Waals surface area contributed by atoms with E-state index in [1.807, 2.05) is 36.0 Å². The standard InChI is InChI=1S/C14H19N3OS2/c1-10-8-17(6-7-20-10)9-13(18)16-12-4-2-11(3-5-12)14(15)19/h2-5,10H,6-9H2,1H3,(H2,15,19)(H,16,18). The van der Waals surface area contributed by atoms with E-state index >= 15 is 0 Å². The fraction of sp³-hybridized carbons (Fsp3) is 0.429. The Morgan fingerprint density at radius 1 is 1.50 bits per heavy atom. The molecule has 2 rings (SSSR count). The molecule has 1 saturated heterocycles. The van der Waals surface area contributed by atoms with Crippen LogP contribution in [0.1, 0.15) is 12.5 Å². The minimum absolute atomic E-state index is 0.0205. The van der Waals surface area contributed by atoms with Crippen molar-refractivity contribution in [3.8, 4) is 0 Å². The van der Waals surface area contributed by atoms with Crippen molar-refractivity contribution in [3.05, 3.63) is 29.8 Å². The molecular weight excluding hydrogens is 290 g/mol. The van der Waals surface area contributed by atoms with Gasteiger partial charge in [0.1, 0.15) is 4.99 Å². The zero-order valence-corrected chi connectivity index (χ0v) is 13.1. The van der Waals surface area contributed by atoms with Crippen LogP contribution in [0.3, 0.4) is 0 Å². The number of nitrogens with one attached hydrogen (secondary N) is 1. The highest BCUT2D eigenvalue weighted by atomic mass is 32.2. The molecule has 0 spiro atoms. The number of amides is 1. The van der Waals surface area contributed by atoms with Gasteiger partial charge in [-0.1, -0.05) is 19.1 Å². The van der Waals surface area contributed by atoms with Crippen molar-refractivity contribution in [1.82, 2.24) is 4.90 Å². The molecule has 1 amide bonds. The molecule has 0 saturated carbocycles. The van der Waals surface area contributed by atoms with Gasteiger partial charge >= 0.3 is 0 Å². The summed E-state index contributed by atoms with van der Waals surface area (Å²) in [7, 11) is 0. The zero-order valence-electron chi connectivity index (χ0n) is 11.5. The van der Waals surface area contributed by atoms with Crippen molar-refractivity contribution < 1.29 is 4.79 Å². The molecule has 6 heteroatoms. The third-order valence-electron chi connectivity index (χ3n) is 3.15. The Labute approximate surface area is 129 Å². The molecule has 0 radical (unpaired) electrons. The average Bonchev–Trinajstić information content (AvgIpc) is 2.39. The van der Waals surface area contributed by atoms with Gasteiger partial charge in [0.05, 0.1) is 6.54 Å². The molecule has 108 valence electrons. The topological polar surface area (TPSA) is 58.4 Å². The predicted molar refractivity (Wildman–Crippen MR) is 89.3 cm³/mol. The first kappa shape index (κ1) is 15.3. The molecule has 1 aliphatic heterocycles. The number of nitrogens with zero attached hydrogens (tertiary/aromatic N) is 1. The van der Waals surface area contributed by atoms with E-state index in [2.05, 4.69) is 17.1 Å². The Bertz CT molecular complexity index is 490. The minimum Gasteiger partial charge on any atom is -0.389 e. The molecule has 1 atom stereocenters. The Kier molecular flexibility index (Phi) is 5.39. The summed E-state index contributed by atoms with van der Waals surface area (Å²) in [6.45, 7) is 4.59. The van der Waals surface area contributed by atoms with Gasteiger partial charge in [0, 0.05) is 35.3 Å². The summed E-state index contributed by atoms with van der Waals surface area (Å²) in [5.74, 6) is 1.11. The number of thiocarbonyl (C=S) groups is 1. The summed E-state index contributed by atoms with van der Waals surface area (Å²) in [5.41, 5.74) is 7.12. The lowest BCUT2D eigenvalue weighted by atomic mass is 10.2. The van der Waals surface area contributed by atoms with Crippen molar-refractivity contribution in [1.29, 1.82) is 0 Å². The maximum atomic E-state index is 12.0. The maximum absolute atomic E-state index is 12.0. The van der Waals surface area contributed by atoms with Crippen LogP contribution in [0, 0.1) is 0 Å². The summed E-state index contributed by atoms with van der Waals surface area (Å²) >= 11 is 6.85. The summed E-state index contributed by atoms with van der Waals surface area (Å²) in [6.07, 6.45) is 0. The molecule has 1 aromatic rings. The second-order valence-corrected chi connectivity index (χ2v) is 6.89. The molecule has 20 heavy (non-hydrogen) atoms. The Morgan fingerprint density at radius 2 is 2.20 bits per heavy atom. The highest BCUT2D eigenvalue weighted by molar-refractivity contribution is 7.99. The van der Waals surface area contributed by atoms with Gasteiger partial charge in [-0.3, -0.25) is 9.69 Å². The highest BCUT2D eigenvalue weighted by Gasteiger charge is 2.18. The van der Waals surface area contributed by atoms with Crippen LogP contribution in [0.4, 0.5) is 5.69 Å². The third kappa shape index (κ3) is 4.47. The van der Waals surface area contributed by atoms with Crippen molar-refractivity contribution in [3.63, 3.8) is 0 Å². The van der Waals surface area contributed by atoms with E-state index in [9.17, 15) is 4.79 Å². The summed E-state index contributed by atoms with van der Waals surface area (Å²) in [4.78, 5) is 14.6. The molecule has 1 aliphatic rings. The number of carbonyl (C=O) groups is 1. The number of hydrogen-bond donors (Lipinski definition) is 2. The number of carbonyl (C=O) groups excluding carboxylic acids is 1.